The van der Waals surface area contributed by atoms with Gasteiger partial charge in [-0.2, -0.15) is 0 Å². The minimum atomic E-state index is -0.193. The molecule has 0 fully saturated rings. The third-order valence-electron chi connectivity index (χ3n) is 4.21. The van der Waals surface area contributed by atoms with Crippen molar-refractivity contribution in [1.29, 1.82) is 0 Å². The Hall–Kier alpha value is -3.35. The van der Waals surface area contributed by atoms with E-state index >= 15 is 0 Å². The Kier molecular flexibility index (Phi) is 3.42. The smallest absolute Gasteiger partial charge is 0.267 e. The zero-order valence-electron chi connectivity index (χ0n) is 14.1. The summed E-state index contributed by atoms with van der Waals surface area (Å²) in [5, 5.41) is 8.94. The highest BCUT2D eigenvalue weighted by atomic mass is 16.5. The Labute approximate surface area is 143 Å². The quantitative estimate of drug-likeness (QED) is 0.574. The van der Waals surface area contributed by atoms with Crippen molar-refractivity contribution >= 4 is 16.7 Å². The van der Waals surface area contributed by atoms with Crippen LogP contribution >= 0.6 is 0 Å². The van der Waals surface area contributed by atoms with E-state index in [0.717, 1.165) is 5.52 Å². The van der Waals surface area contributed by atoms with E-state index in [1.807, 2.05) is 29.5 Å². The maximum absolute atomic E-state index is 13.2. The molecule has 4 aromatic rings. The van der Waals surface area contributed by atoms with E-state index in [4.69, 9.17) is 9.47 Å². The molecule has 7 heteroatoms. The molecular weight excluding hydrogens is 320 g/mol. The minimum absolute atomic E-state index is 0.193. The van der Waals surface area contributed by atoms with Gasteiger partial charge in [-0.3, -0.25) is 9.20 Å². The van der Waals surface area contributed by atoms with Crippen LogP contribution in [0.25, 0.3) is 22.4 Å². The lowest BCUT2D eigenvalue weighted by molar-refractivity contribution is 0.401. The highest BCUT2D eigenvalue weighted by molar-refractivity contribution is 5.81. The lowest BCUT2D eigenvalue weighted by atomic mass is 10.2. The number of hydrogen-bond donors (Lipinski definition) is 0. The molecule has 0 N–H and O–H groups in total. The Balaban J connectivity index is 2.22. The number of rotatable bonds is 3. The normalized spacial score (nSPS) is 11.2. The maximum Gasteiger partial charge on any atom is 0.267 e. The zero-order valence-corrected chi connectivity index (χ0v) is 14.1. The first kappa shape index (κ1) is 15.2. The minimum Gasteiger partial charge on any atom is -0.497 e. The van der Waals surface area contributed by atoms with Crippen LogP contribution in [-0.4, -0.2) is 33.4 Å². The number of para-hydroxylation sites is 1. The SMILES string of the molecule is COc1ccc(OC)c(-n2c(=O)c3ccccc3n3c(C)nnc23)c1. The molecule has 4 rings (SSSR count). The van der Waals surface area contributed by atoms with E-state index in [1.54, 1.807) is 38.5 Å². The maximum atomic E-state index is 13.2. The lowest BCUT2D eigenvalue weighted by Crippen LogP contribution is -2.22. The molecule has 0 spiro atoms. The molecule has 7 nitrogen and oxygen atoms in total. The van der Waals surface area contributed by atoms with Gasteiger partial charge in [0.05, 0.1) is 30.8 Å². The van der Waals surface area contributed by atoms with Crippen LogP contribution in [0, 0.1) is 6.92 Å². The first-order valence-electron chi connectivity index (χ1n) is 7.73. The summed E-state index contributed by atoms with van der Waals surface area (Å²) in [6.45, 7) is 1.85. The fourth-order valence-corrected chi connectivity index (χ4v) is 3.03. The highest BCUT2D eigenvalue weighted by Gasteiger charge is 2.18. The largest absolute Gasteiger partial charge is 0.497 e. The predicted molar refractivity (Wildman–Crippen MR) is 93.9 cm³/mol. The number of nitrogens with zero attached hydrogens (tertiary/aromatic N) is 4. The van der Waals surface area contributed by atoms with E-state index < -0.39 is 0 Å². The number of fused-ring (bicyclic) bond motifs is 3. The van der Waals surface area contributed by atoms with Gasteiger partial charge in [-0.25, -0.2) is 4.57 Å². The van der Waals surface area contributed by atoms with Crippen molar-refractivity contribution in [3.05, 3.63) is 58.6 Å². The molecule has 2 aromatic heterocycles. The first-order valence-corrected chi connectivity index (χ1v) is 7.73. The standard InChI is InChI=1S/C18H16N4O3/c1-11-19-20-18-21(11)14-7-5-4-6-13(14)17(23)22(18)15-10-12(24-2)8-9-16(15)25-3/h4-10H,1-3H3. The summed E-state index contributed by atoms with van der Waals surface area (Å²) in [5.74, 6) is 2.28. The molecule has 0 unspecified atom stereocenters. The van der Waals surface area contributed by atoms with E-state index in [0.29, 0.717) is 34.2 Å². The molecule has 0 radical (unpaired) electrons. The molecule has 0 saturated carbocycles. The van der Waals surface area contributed by atoms with Crippen LogP contribution in [0.4, 0.5) is 0 Å². The Bertz CT molecular complexity index is 1160. The monoisotopic (exact) mass is 336 g/mol. The Morgan fingerprint density at radius 1 is 1.00 bits per heavy atom. The summed E-state index contributed by atoms with van der Waals surface area (Å²) < 4.78 is 14.1. The molecule has 126 valence electrons. The van der Waals surface area contributed by atoms with E-state index in [-0.39, 0.29) is 5.56 Å². The third kappa shape index (κ3) is 2.16. The summed E-state index contributed by atoms with van der Waals surface area (Å²) in [7, 11) is 3.13. The van der Waals surface area contributed by atoms with Gasteiger partial charge in [0.15, 0.2) is 0 Å². The number of hydrogen-bond acceptors (Lipinski definition) is 5. The zero-order chi connectivity index (χ0) is 17.6. The molecular formula is C18H16N4O3. The Morgan fingerprint density at radius 3 is 2.56 bits per heavy atom. The van der Waals surface area contributed by atoms with Crippen molar-refractivity contribution in [2.24, 2.45) is 0 Å². The van der Waals surface area contributed by atoms with Gasteiger partial charge in [-0.05, 0) is 31.2 Å². The number of methoxy groups -OCH3 is 2. The summed E-state index contributed by atoms with van der Waals surface area (Å²) in [5.41, 5.74) is 1.13. The summed E-state index contributed by atoms with van der Waals surface area (Å²) in [6, 6.07) is 12.7. The van der Waals surface area contributed by atoms with Gasteiger partial charge < -0.3 is 9.47 Å². The van der Waals surface area contributed by atoms with Crippen LogP contribution in [0.1, 0.15) is 5.82 Å². The molecule has 0 saturated heterocycles. The molecule has 0 atom stereocenters. The number of aromatic nitrogens is 4. The van der Waals surface area contributed by atoms with Gasteiger partial charge in [-0.1, -0.05) is 12.1 Å². The van der Waals surface area contributed by atoms with Crippen LogP contribution in [0.15, 0.2) is 47.3 Å². The van der Waals surface area contributed by atoms with Crippen molar-refractivity contribution in [1.82, 2.24) is 19.2 Å². The van der Waals surface area contributed by atoms with Gasteiger partial charge in [0.2, 0.25) is 5.78 Å². The molecule has 0 aliphatic heterocycles. The Morgan fingerprint density at radius 2 is 1.80 bits per heavy atom. The van der Waals surface area contributed by atoms with Gasteiger partial charge >= 0.3 is 0 Å². The second kappa shape index (κ2) is 5.62. The molecule has 2 heterocycles. The molecule has 0 aliphatic rings. The molecule has 0 amide bonds. The van der Waals surface area contributed by atoms with Crippen molar-refractivity contribution in [3.8, 4) is 17.2 Å². The average Bonchev–Trinajstić information content (AvgIpc) is 3.03. The van der Waals surface area contributed by atoms with Crippen molar-refractivity contribution in [2.75, 3.05) is 14.2 Å². The van der Waals surface area contributed by atoms with E-state index in [9.17, 15) is 4.79 Å². The van der Waals surface area contributed by atoms with Gasteiger partial charge in [-0.15, -0.1) is 10.2 Å². The van der Waals surface area contributed by atoms with Crippen LogP contribution in [0.3, 0.4) is 0 Å². The summed E-state index contributed by atoms with van der Waals surface area (Å²) in [6.07, 6.45) is 0. The van der Waals surface area contributed by atoms with Crippen LogP contribution in [0.2, 0.25) is 0 Å². The predicted octanol–water partition coefficient (Wildman–Crippen LogP) is 2.36. The van der Waals surface area contributed by atoms with Crippen molar-refractivity contribution in [3.63, 3.8) is 0 Å². The number of aryl methyl sites for hydroxylation is 1. The van der Waals surface area contributed by atoms with Gasteiger partial charge in [0.1, 0.15) is 17.3 Å². The van der Waals surface area contributed by atoms with Crippen molar-refractivity contribution in [2.45, 2.75) is 6.92 Å². The fraction of sp³-hybridized carbons (Fsp3) is 0.167. The topological polar surface area (TPSA) is 70.7 Å². The van der Waals surface area contributed by atoms with Crippen LogP contribution in [0.5, 0.6) is 11.5 Å². The molecule has 0 aliphatic carbocycles. The summed E-state index contributed by atoms with van der Waals surface area (Å²) in [4.78, 5) is 13.2. The number of ether oxygens (including phenoxy) is 2. The molecule has 25 heavy (non-hydrogen) atoms. The van der Waals surface area contributed by atoms with Crippen molar-refractivity contribution < 1.29 is 9.47 Å². The van der Waals surface area contributed by atoms with E-state index in [1.165, 1.54) is 4.57 Å². The number of benzene rings is 2. The average molecular weight is 336 g/mol. The van der Waals surface area contributed by atoms with Gasteiger partial charge in [0.25, 0.3) is 5.56 Å². The third-order valence-corrected chi connectivity index (χ3v) is 4.21. The van der Waals surface area contributed by atoms with Crippen LogP contribution in [-0.2, 0) is 0 Å². The lowest BCUT2D eigenvalue weighted by Gasteiger charge is -2.14. The molecule has 0 bridgehead atoms. The second-order valence-corrected chi connectivity index (χ2v) is 5.58. The second-order valence-electron chi connectivity index (χ2n) is 5.58. The van der Waals surface area contributed by atoms with E-state index in [2.05, 4.69) is 10.2 Å². The highest BCUT2D eigenvalue weighted by Crippen LogP contribution is 2.28. The van der Waals surface area contributed by atoms with Gasteiger partial charge in [0, 0.05) is 6.07 Å². The van der Waals surface area contributed by atoms with Crippen LogP contribution < -0.4 is 15.0 Å². The summed E-state index contributed by atoms with van der Waals surface area (Å²) >= 11 is 0. The fourth-order valence-electron chi connectivity index (χ4n) is 3.03. The molecule has 2 aromatic carbocycles. The first-order chi connectivity index (χ1) is 12.2.